The van der Waals surface area contributed by atoms with Crippen LogP contribution in [0.1, 0.15) is 49.3 Å². The zero-order valence-electron chi connectivity index (χ0n) is 13.0. The van der Waals surface area contributed by atoms with Crippen molar-refractivity contribution in [2.45, 2.75) is 43.4 Å². The van der Waals surface area contributed by atoms with Gasteiger partial charge in [-0.3, -0.25) is 4.98 Å². The van der Waals surface area contributed by atoms with Gasteiger partial charge in [-0.15, -0.1) is 0 Å². The average molecular weight is 289 g/mol. The smallest absolute Gasteiger partial charge is 0.0471 e. The number of pyridine rings is 1. The Bertz CT molecular complexity index is 649. The van der Waals surface area contributed by atoms with Crippen LogP contribution < -0.4 is 0 Å². The summed E-state index contributed by atoms with van der Waals surface area (Å²) in [4.78, 5) is 4.84. The molecule has 4 aliphatic rings. The fourth-order valence-electron chi connectivity index (χ4n) is 6.32. The van der Waals surface area contributed by atoms with E-state index in [1.165, 1.54) is 37.8 Å². The minimum absolute atomic E-state index is 0.303. The van der Waals surface area contributed by atoms with Gasteiger partial charge < -0.3 is 0 Å². The van der Waals surface area contributed by atoms with Crippen molar-refractivity contribution in [1.29, 1.82) is 0 Å². The molecule has 6 rings (SSSR count). The number of nitrogens with zero attached hydrogens (tertiary/aromatic N) is 1. The van der Waals surface area contributed by atoms with Crippen molar-refractivity contribution in [3.63, 3.8) is 0 Å². The molecule has 4 fully saturated rings. The summed E-state index contributed by atoms with van der Waals surface area (Å²) in [6.45, 7) is 0. The normalized spacial score (nSPS) is 39.1. The third-order valence-corrected chi connectivity index (χ3v) is 6.65. The predicted octanol–water partition coefficient (Wildman–Crippen LogP) is 4.94. The summed E-state index contributed by atoms with van der Waals surface area (Å²) in [5.74, 6) is 3.44. The number of benzene rings is 1. The molecule has 0 amide bonds. The predicted molar refractivity (Wildman–Crippen MR) is 88.7 cm³/mol. The summed E-state index contributed by atoms with van der Waals surface area (Å²) in [6.07, 6.45) is 9.09. The summed E-state index contributed by atoms with van der Waals surface area (Å²) >= 11 is 0. The first-order valence-electron chi connectivity index (χ1n) is 8.81. The van der Waals surface area contributed by atoms with E-state index in [9.17, 15) is 0 Å². The van der Waals surface area contributed by atoms with Gasteiger partial charge in [-0.25, -0.2) is 0 Å². The molecule has 4 saturated carbocycles. The summed E-state index contributed by atoms with van der Waals surface area (Å²) < 4.78 is 0. The van der Waals surface area contributed by atoms with E-state index < -0.39 is 0 Å². The van der Waals surface area contributed by atoms with Crippen molar-refractivity contribution < 1.29 is 0 Å². The Morgan fingerprint density at radius 1 is 0.818 bits per heavy atom. The molecule has 1 nitrogen and oxygen atoms in total. The Hall–Kier alpha value is -1.63. The Morgan fingerprint density at radius 2 is 1.55 bits per heavy atom. The zero-order chi connectivity index (χ0) is 14.6. The van der Waals surface area contributed by atoms with E-state index in [2.05, 4.69) is 48.5 Å². The van der Waals surface area contributed by atoms with Crippen LogP contribution in [0, 0.1) is 17.8 Å². The SMILES string of the molecule is c1ccc(C2C3CC4CC(C3)CC2(c2ccccn2)C4)cc1. The molecule has 1 aromatic heterocycles. The molecule has 1 aromatic carbocycles. The van der Waals surface area contributed by atoms with E-state index in [1.807, 2.05) is 6.20 Å². The van der Waals surface area contributed by atoms with Gasteiger partial charge in [-0.2, -0.15) is 0 Å². The lowest BCUT2D eigenvalue weighted by Crippen LogP contribution is -2.54. The first-order valence-corrected chi connectivity index (χ1v) is 8.81. The molecule has 0 N–H and O–H groups in total. The van der Waals surface area contributed by atoms with Gasteiger partial charge in [0.05, 0.1) is 0 Å². The van der Waals surface area contributed by atoms with E-state index in [0.717, 1.165) is 17.8 Å². The lowest BCUT2D eigenvalue weighted by atomic mass is 9.43. The summed E-state index contributed by atoms with van der Waals surface area (Å²) in [5.41, 5.74) is 3.22. The quantitative estimate of drug-likeness (QED) is 0.763. The van der Waals surface area contributed by atoms with Crippen molar-refractivity contribution in [2.24, 2.45) is 17.8 Å². The Labute approximate surface area is 132 Å². The van der Waals surface area contributed by atoms with Crippen LogP contribution in [0.3, 0.4) is 0 Å². The molecular weight excluding hydrogens is 266 g/mol. The number of rotatable bonds is 2. The second-order valence-electron chi connectivity index (χ2n) is 7.87. The van der Waals surface area contributed by atoms with Gasteiger partial charge >= 0.3 is 0 Å². The van der Waals surface area contributed by atoms with Crippen molar-refractivity contribution in [2.75, 3.05) is 0 Å². The van der Waals surface area contributed by atoms with E-state index in [1.54, 1.807) is 5.56 Å². The molecular formula is C21H23N. The van der Waals surface area contributed by atoms with E-state index in [-0.39, 0.29) is 0 Å². The van der Waals surface area contributed by atoms with Crippen LogP contribution in [-0.4, -0.2) is 4.98 Å². The summed E-state index contributed by atoms with van der Waals surface area (Å²) in [6, 6.07) is 17.8. The maximum Gasteiger partial charge on any atom is 0.0471 e. The van der Waals surface area contributed by atoms with Crippen molar-refractivity contribution >= 4 is 0 Å². The van der Waals surface area contributed by atoms with Crippen molar-refractivity contribution in [3.05, 3.63) is 66.0 Å². The summed E-state index contributed by atoms with van der Waals surface area (Å²) in [7, 11) is 0. The molecule has 1 heteroatoms. The van der Waals surface area contributed by atoms with Crippen molar-refractivity contribution in [3.8, 4) is 0 Å². The summed E-state index contributed by atoms with van der Waals surface area (Å²) in [5, 5.41) is 0. The number of hydrogen-bond donors (Lipinski definition) is 0. The zero-order valence-corrected chi connectivity index (χ0v) is 13.0. The minimum atomic E-state index is 0.303. The third kappa shape index (κ3) is 1.74. The number of aromatic nitrogens is 1. The van der Waals surface area contributed by atoms with Gasteiger partial charge in [0, 0.05) is 17.3 Å². The fourth-order valence-corrected chi connectivity index (χ4v) is 6.32. The highest BCUT2D eigenvalue weighted by Gasteiger charge is 2.58. The second-order valence-corrected chi connectivity index (χ2v) is 7.87. The molecule has 0 radical (unpaired) electrons. The van der Waals surface area contributed by atoms with Crippen LogP contribution in [0.2, 0.25) is 0 Å². The molecule has 1 heterocycles. The molecule has 4 bridgehead atoms. The van der Waals surface area contributed by atoms with Crippen LogP contribution in [0.4, 0.5) is 0 Å². The minimum Gasteiger partial charge on any atom is -0.261 e. The van der Waals surface area contributed by atoms with Gasteiger partial charge in [-0.05, 0) is 73.5 Å². The topological polar surface area (TPSA) is 12.9 Å². The van der Waals surface area contributed by atoms with E-state index in [4.69, 9.17) is 4.98 Å². The molecule has 0 saturated heterocycles. The van der Waals surface area contributed by atoms with Gasteiger partial charge in [0.2, 0.25) is 0 Å². The van der Waals surface area contributed by atoms with Gasteiger partial charge in [-0.1, -0.05) is 36.4 Å². The van der Waals surface area contributed by atoms with Gasteiger partial charge in [0.25, 0.3) is 0 Å². The average Bonchev–Trinajstić information content (AvgIpc) is 2.56. The van der Waals surface area contributed by atoms with Crippen LogP contribution in [0.5, 0.6) is 0 Å². The Kier molecular flexibility index (Phi) is 2.74. The van der Waals surface area contributed by atoms with Crippen LogP contribution in [-0.2, 0) is 5.41 Å². The Morgan fingerprint density at radius 3 is 2.23 bits per heavy atom. The highest BCUT2D eigenvalue weighted by atomic mass is 14.7. The first kappa shape index (κ1) is 12.9. The maximum absolute atomic E-state index is 4.84. The lowest BCUT2D eigenvalue weighted by molar-refractivity contribution is -0.0300. The molecule has 3 atom stereocenters. The van der Waals surface area contributed by atoms with Crippen LogP contribution in [0.15, 0.2) is 54.7 Å². The maximum atomic E-state index is 4.84. The molecule has 0 aliphatic heterocycles. The second kappa shape index (κ2) is 4.68. The van der Waals surface area contributed by atoms with Gasteiger partial charge in [0.15, 0.2) is 0 Å². The lowest BCUT2D eigenvalue weighted by Gasteiger charge is -2.61. The van der Waals surface area contributed by atoms with Crippen LogP contribution >= 0.6 is 0 Å². The standard InChI is InChI=1S/C21H23N/c1-2-6-17(7-3-1)20-18-11-15-10-16(12-18)14-21(20,13-15)19-8-4-5-9-22-19/h1-9,15-16,18,20H,10-14H2. The molecule has 0 spiro atoms. The molecule has 22 heavy (non-hydrogen) atoms. The highest BCUT2D eigenvalue weighted by molar-refractivity contribution is 5.35. The first-order chi connectivity index (χ1) is 10.9. The van der Waals surface area contributed by atoms with Crippen LogP contribution in [0.25, 0.3) is 0 Å². The molecule has 112 valence electrons. The van der Waals surface area contributed by atoms with E-state index >= 15 is 0 Å². The number of hydrogen-bond acceptors (Lipinski definition) is 1. The molecule has 4 aliphatic carbocycles. The fraction of sp³-hybridized carbons (Fsp3) is 0.476. The van der Waals surface area contributed by atoms with Crippen molar-refractivity contribution in [1.82, 2.24) is 4.98 Å². The monoisotopic (exact) mass is 289 g/mol. The van der Waals surface area contributed by atoms with E-state index in [0.29, 0.717) is 11.3 Å². The van der Waals surface area contributed by atoms with Gasteiger partial charge in [0.1, 0.15) is 0 Å². The molecule has 2 aromatic rings. The third-order valence-electron chi connectivity index (χ3n) is 6.65. The highest BCUT2D eigenvalue weighted by Crippen LogP contribution is 2.66. The molecule has 3 unspecified atom stereocenters. The largest absolute Gasteiger partial charge is 0.261 e. The Balaban J connectivity index is 1.68.